The third-order valence-corrected chi connectivity index (χ3v) is 3.47. The standard InChI is InChI=1S/C18H22N2O2/c1-22-17-10-6-15(7-11-17)13-18(21)20-12-2-3-14-4-8-16(19)9-5-14/h4-11H,2-3,12-13,19H2,1H3,(H,20,21). The van der Waals surface area contributed by atoms with Crippen molar-refractivity contribution >= 4 is 11.6 Å². The summed E-state index contributed by atoms with van der Waals surface area (Å²) >= 11 is 0. The summed E-state index contributed by atoms with van der Waals surface area (Å²) in [5, 5.41) is 2.95. The molecule has 0 aliphatic rings. The Morgan fingerprint density at radius 2 is 1.68 bits per heavy atom. The summed E-state index contributed by atoms with van der Waals surface area (Å²) in [4.78, 5) is 11.9. The number of carbonyl (C=O) groups excluding carboxylic acids is 1. The maximum Gasteiger partial charge on any atom is 0.224 e. The van der Waals surface area contributed by atoms with Gasteiger partial charge < -0.3 is 15.8 Å². The van der Waals surface area contributed by atoms with E-state index in [0.29, 0.717) is 13.0 Å². The van der Waals surface area contributed by atoms with Gasteiger partial charge in [-0.2, -0.15) is 0 Å². The number of benzene rings is 2. The molecule has 4 nitrogen and oxygen atoms in total. The van der Waals surface area contributed by atoms with Crippen molar-refractivity contribution in [1.29, 1.82) is 0 Å². The lowest BCUT2D eigenvalue weighted by molar-refractivity contribution is -0.120. The van der Waals surface area contributed by atoms with E-state index in [1.54, 1.807) is 7.11 Å². The Bertz CT molecular complexity index is 591. The fraction of sp³-hybridized carbons (Fsp3) is 0.278. The van der Waals surface area contributed by atoms with E-state index in [-0.39, 0.29) is 5.91 Å². The van der Waals surface area contributed by atoms with E-state index < -0.39 is 0 Å². The van der Waals surface area contributed by atoms with E-state index in [1.807, 2.05) is 48.5 Å². The molecule has 2 aromatic rings. The van der Waals surface area contributed by atoms with Crippen LogP contribution in [-0.4, -0.2) is 19.6 Å². The van der Waals surface area contributed by atoms with E-state index in [4.69, 9.17) is 10.5 Å². The van der Waals surface area contributed by atoms with Crippen molar-refractivity contribution in [2.75, 3.05) is 19.4 Å². The van der Waals surface area contributed by atoms with Gasteiger partial charge in [-0.05, 0) is 48.2 Å². The highest BCUT2D eigenvalue weighted by molar-refractivity contribution is 5.78. The average molecular weight is 298 g/mol. The van der Waals surface area contributed by atoms with Gasteiger partial charge in [-0.25, -0.2) is 0 Å². The first-order chi connectivity index (χ1) is 10.7. The normalized spacial score (nSPS) is 10.2. The third-order valence-electron chi connectivity index (χ3n) is 3.47. The van der Waals surface area contributed by atoms with Crippen LogP contribution in [0.25, 0.3) is 0 Å². The highest BCUT2D eigenvalue weighted by atomic mass is 16.5. The Balaban J connectivity index is 1.67. The first kappa shape index (κ1) is 15.9. The lowest BCUT2D eigenvalue weighted by atomic mass is 10.1. The Hall–Kier alpha value is -2.49. The number of nitrogens with one attached hydrogen (secondary N) is 1. The quantitative estimate of drug-likeness (QED) is 0.610. The number of anilines is 1. The summed E-state index contributed by atoms with van der Waals surface area (Å²) in [5.74, 6) is 0.843. The van der Waals surface area contributed by atoms with Gasteiger partial charge in [0.25, 0.3) is 0 Å². The molecule has 0 aromatic heterocycles. The summed E-state index contributed by atoms with van der Waals surface area (Å²) in [6.07, 6.45) is 2.24. The molecule has 0 atom stereocenters. The molecule has 0 unspecified atom stereocenters. The minimum atomic E-state index is 0.0440. The number of ether oxygens (including phenoxy) is 1. The third kappa shape index (κ3) is 5.13. The van der Waals surface area contributed by atoms with Gasteiger partial charge in [-0.3, -0.25) is 4.79 Å². The number of hydrogen-bond acceptors (Lipinski definition) is 3. The number of carbonyl (C=O) groups is 1. The topological polar surface area (TPSA) is 64.3 Å². The monoisotopic (exact) mass is 298 g/mol. The van der Waals surface area contributed by atoms with Gasteiger partial charge in [0, 0.05) is 12.2 Å². The molecule has 0 saturated heterocycles. The highest BCUT2D eigenvalue weighted by Crippen LogP contribution is 2.11. The molecule has 2 rings (SSSR count). The van der Waals surface area contributed by atoms with Crippen LogP contribution < -0.4 is 15.8 Å². The van der Waals surface area contributed by atoms with Crippen molar-refractivity contribution in [1.82, 2.24) is 5.32 Å². The molecular weight excluding hydrogens is 276 g/mol. The summed E-state index contributed by atoms with van der Waals surface area (Å²) in [6, 6.07) is 15.4. The number of hydrogen-bond donors (Lipinski definition) is 2. The Morgan fingerprint density at radius 3 is 2.32 bits per heavy atom. The first-order valence-corrected chi connectivity index (χ1v) is 7.41. The molecular formula is C18H22N2O2. The molecule has 1 amide bonds. The predicted octanol–water partition coefficient (Wildman–Crippen LogP) is 2.57. The second kappa shape index (κ2) is 8.08. The molecule has 2 aromatic carbocycles. The van der Waals surface area contributed by atoms with Crippen LogP contribution in [0.4, 0.5) is 5.69 Å². The molecule has 0 heterocycles. The van der Waals surface area contributed by atoms with Crippen LogP contribution in [0.3, 0.4) is 0 Å². The fourth-order valence-corrected chi connectivity index (χ4v) is 2.20. The minimum Gasteiger partial charge on any atom is -0.497 e. The lowest BCUT2D eigenvalue weighted by Gasteiger charge is -2.06. The van der Waals surface area contributed by atoms with Gasteiger partial charge in [0.1, 0.15) is 5.75 Å². The van der Waals surface area contributed by atoms with Crippen molar-refractivity contribution < 1.29 is 9.53 Å². The van der Waals surface area contributed by atoms with Crippen LogP contribution in [-0.2, 0) is 17.6 Å². The van der Waals surface area contributed by atoms with Gasteiger partial charge in [0.15, 0.2) is 0 Å². The van der Waals surface area contributed by atoms with Crippen LogP contribution in [0, 0.1) is 0 Å². The van der Waals surface area contributed by atoms with E-state index in [0.717, 1.165) is 29.8 Å². The molecule has 4 heteroatoms. The van der Waals surface area contributed by atoms with Crippen LogP contribution in [0.15, 0.2) is 48.5 Å². The van der Waals surface area contributed by atoms with E-state index in [1.165, 1.54) is 5.56 Å². The number of nitrogen functional groups attached to an aromatic ring is 1. The molecule has 0 bridgehead atoms. The summed E-state index contributed by atoms with van der Waals surface area (Å²) in [7, 11) is 1.63. The summed E-state index contributed by atoms with van der Waals surface area (Å²) in [5.41, 5.74) is 8.64. The lowest BCUT2D eigenvalue weighted by Crippen LogP contribution is -2.26. The van der Waals surface area contributed by atoms with Crippen LogP contribution in [0.5, 0.6) is 5.75 Å². The largest absolute Gasteiger partial charge is 0.497 e. The van der Waals surface area contributed by atoms with Crippen molar-refractivity contribution in [3.8, 4) is 5.75 Å². The van der Waals surface area contributed by atoms with Crippen molar-refractivity contribution in [3.05, 3.63) is 59.7 Å². The van der Waals surface area contributed by atoms with E-state index in [9.17, 15) is 4.79 Å². The first-order valence-electron chi connectivity index (χ1n) is 7.41. The van der Waals surface area contributed by atoms with Gasteiger partial charge >= 0.3 is 0 Å². The molecule has 0 radical (unpaired) electrons. The Morgan fingerprint density at radius 1 is 1.05 bits per heavy atom. The molecule has 116 valence electrons. The second-order valence-corrected chi connectivity index (χ2v) is 5.22. The van der Waals surface area contributed by atoms with Gasteiger partial charge in [-0.1, -0.05) is 24.3 Å². The molecule has 22 heavy (non-hydrogen) atoms. The zero-order valence-electron chi connectivity index (χ0n) is 12.8. The molecule has 3 N–H and O–H groups in total. The average Bonchev–Trinajstić information content (AvgIpc) is 2.54. The number of aryl methyl sites for hydroxylation is 1. The SMILES string of the molecule is COc1ccc(CC(=O)NCCCc2ccc(N)cc2)cc1. The van der Waals surface area contributed by atoms with Crippen LogP contribution in [0.1, 0.15) is 17.5 Å². The maximum absolute atomic E-state index is 11.9. The van der Waals surface area contributed by atoms with Crippen LogP contribution >= 0.6 is 0 Å². The summed E-state index contributed by atoms with van der Waals surface area (Å²) in [6.45, 7) is 0.680. The van der Waals surface area contributed by atoms with Crippen molar-refractivity contribution in [2.45, 2.75) is 19.3 Å². The smallest absolute Gasteiger partial charge is 0.224 e. The maximum atomic E-state index is 11.9. The Kier molecular flexibility index (Phi) is 5.83. The molecule has 0 saturated carbocycles. The van der Waals surface area contributed by atoms with Gasteiger partial charge in [-0.15, -0.1) is 0 Å². The Labute approximate surface area is 131 Å². The molecule has 0 spiro atoms. The molecule has 0 aliphatic heterocycles. The zero-order valence-corrected chi connectivity index (χ0v) is 12.8. The number of methoxy groups -OCH3 is 1. The highest BCUT2D eigenvalue weighted by Gasteiger charge is 2.03. The molecule has 0 aliphatic carbocycles. The number of amides is 1. The van der Waals surface area contributed by atoms with Crippen LogP contribution in [0.2, 0.25) is 0 Å². The van der Waals surface area contributed by atoms with E-state index in [2.05, 4.69) is 5.32 Å². The number of rotatable bonds is 7. The van der Waals surface area contributed by atoms with E-state index >= 15 is 0 Å². The molecule has 0 fully saturated rings. The second-order valence-electron chi connectivity index (χ2n) is 5.22. The van der Waals surface area contributed by atoms with Gasteiger partial charge in [0.05, 0.1) is 13.5 Å². The van der Waals surface area contributed by atoms with Gasteiger partial charge in [0.2, 0.25) is 5.91 Å². The van der Waals surface area contributed by atoms with Crippen molar-refractivity contribution in [3.63, 3.8) is 0 Å². The fourth-order valence-electron chi connectivity index (χ4n) is 2.20. The van der Waals surface area contributed by atoms with Crippen molar-refractivity contribution in [2.24, 2.45) is 0 Å². The summed E-state index contributed by atoms with van der Waals surface area (Å²) < 4.78 is 5.09. The predicted molar refractivity (Wildman–Crippen MR) is 88.9 cm³/mol. The zero-order chi connectivity index (χ0) is 15.8. The minimum absolute atomic E-state index is 0.0440. The number of nitrogens with two attached hydrogens (primary N) is 1.